The summed E-state index contributed by atoms with van der Waals surface area (Å²) in [6.07, 6.45) is 0.507. The Morgan fingerprint density at radius 2 is 2.16 bits per heavy atom. The van der Waals surface area contributed by atoms with Crippen molar-refractivity contribution in [3.8, 4) is 5.75 Å². The predicted octanol–water partition coefficient (Wildman–Crippen LogP) is 2.29. The Balaban J connectivity index is 1.74. The molecule has 5 nitrogen and oxygen atoms in total. The lowest BCUT2D eigenvalue weighted by Gasteiger charge is -2.32. The van der Waals surface area contributed by atoms with Gasteiger partial charge in [-0.2, -0.15) is 0 Å². The van der Waals surface area contributed by atoms with Crippen molar-refractivity contribution in [1.82, 2.24) is 9.80 Å². The molecule has 0 N–H and O–H groups in total. The molecule has 1 aromatic carbocycles. The lowest BCUT2D eigenvalue weighted by molar-refractivity contribution is -0.129. The summed E-state index contributed by atoms with van der Waals surface area (Å²) in [6.45, 7) is 7.98. The van der Waals surface area contributed by atoms with Gasteiger partial charge in [-0.25, -0.2) is 4.39 Å². The van der Waals surface area contributed by atoms with E-state index in [1.807, 2.05) is 18.7 Å². The molecule has 2 aliphatic rings. The standard InChI is InChI=1S/C19H27FN2O3/c1-14(2)22-12-19(9-18(22)23)11-21(6-7-25-13-19)10-15-4-5-16(24-3)8-17(15)20/h4-5,8,14H,6-7,9-13H2,1-3H3/t19-/m0/s1. The minimum Gasteiger partial charge on any atom is -0.497 e. The second-order valence-electron chi connectivity index (χ2n) is 7.51. The van der Waals surface area contributed by atoms with E-state index < -0.39 is 0 Å². The van der Waals surface area contributed by atoms with Crippen LogP contribution >= 0.6 is 0 Å². The number of hydrogen-bond donors (Lipinski definition) is 0. The lowest BCUT2D eigenvalue weighted by Crippen LogP contribution is -2.41. The zero-order valence-electron chi connectivity index (χ0n) is 15.3. The molecule has 0 aliphatic carbocycles. The van der Waals surface area contributed by atoms with E-state index in [1.54, 1.807) is 12.1 Å². The molecule has 0 unspecified atom stereocenters. The van der Waals surface area contributed by atoms with E-state index in [0.29, 0.717) is 44.0 Å². The molecule has 0 bridgehead atoms. The number of benzene rings is 1. The van der Waals surface area contributed by atoms with E-state index in [4.69, 9.17) is 9.47 Å². The van der Waals surface area contributed by atoms with Gasteiger partial charge in [0.25, 0.3) is 0 Å². The Morgan fingerprint density at radius 3 is 2.80 bits per heavy atom. The van der Waals surface area contributed by atoms with Gasteiger partial charge < -0.3 is 14.4 Å². The third-order valence-corrected chi connectivity index (χ3v) is 5.15. The zero-order valence-corrected chi connectivity index (χ0v) is 15.3. The van der Waals surface area contributed by atoms with Crippen molar-refractivity contribution < 1.29 is 18.7 Å². The van der Waals surface area contributed by atoms with Crippen LogP contribution < -0.4 is 4.74 Å². The van der Waals surface area contributed by atoms with E-state index in [0.717, 1.165) is 13.1 Å². The van der Waals surface area contributed by atoms with Crippen LogP contribution in [0.4, 0.5) is 4.39 Å². The molecule has 2 fully saturated rings. The first-order valence-corrected chi connectivity index (χ1v) is 8.84. The maximum absolute atomic E-state index is 14.3. The highest BCUT2D eigenvalue weighted by Crippen LogP contribution is 2.35. The van der Waals surface area contributed by atoms with Gasteiger partial charge >= 0.3 is 0 Å². The van der Waals surface area contributed by atoms with Crippen molar-refractivity contribution in [3.05, 3.63) is 29.6 Å². The monoisotopic (exact) mass is 350 g/mol. The fourth-order valence-corrected chi connectivity index (χ4v) is 3.84. The Kier molecular flexibility index (Phi) is 5.29. The molecular weight excluding hydrogens is 323 g/mol. The molecule has 2 aliphatic heterocycles. The number of carbonyl (C=O) groups excluding carboxylic acids is 1. The second-order valence-corrected chi connectivity index (χ2v) is 7.51. The van der Waals surface area contributed by atoms with Gasteiger partial charge in [-0.1, -0.05) is 6.07 Å². The van der Waals surface area contributed by atoms with Gasteiger partial charge in [0.05, 0.1) is 20.3 Å². The average molecular weight is 350 g/mol. The molecule has 1 atom stereocenters. The lowest BCUT2D eigenvalue weighted by atomic mass is 9.87. The molecule has 6 heteroatoms. The van der Waals surface area contributed by atoms with Crippen LogP contribution in [0.15, 0.2) is 18.2 Å². The molecule has 0 saturated carbocycles. The molecule has 0 radical (unpaired) electrons. The maximum Gasteiger partial charge on any atom is 0.223 e. The summed E-state index contributed by atoms with van der Waals surface area (Å²) in [5.74, 6) is 0.451. The SMILES string of the molecule is COc1ccc(CN2CCOC[C@@]3(CC(=O)N(C(C)C)C3)C2)c(F)c1. The van der Waals surface area contributed by atoms with Crippen molar-refractivity contribution in [3.63, 3.8) is 0 Å². The number of rotatable bonds is 4. The Labute approximate surface area is 148 Å². The topological polar surface area (TPSA) is 42.0 Å². The largest absolute Gasteiger partial charge is 0.497 e. The van der Waals surface area contributed by atoms with Gasteiger partial charge in [-0.05, 0) is 19.9 Å². The van der Waals surface area contributed by atoms with E-state index in [-0.39, 0.29) is 23.2 Å². The first-order valence-electron chi connectivity index (χ1n) is 8.84. The molecule has 138 valence electrons. The quantitative estimate of drug-likeness (QED) is 0.836. The summed E-state index contributed by atoms with van der Waals surface area (Å²) in [5.41, 5.74) is 0.448. The number of likely N-dealkylation sites (tertiary alicyclic amines) is 1. The molecule has 3 rings (SSSR count). The summed E-state index contributed by atoms with van der Waals surface area (Å²) in [7, 11) is 1.53. The molecule has 1 aromatic rings. The van der Waals surface area contributed by atoms with Gasteiger partial charge in [-0.3, -0.25) is 9.69 Å². The molecular formula is C19H27FN2O3. The van der Waals surface area contributed by atoms with Gasteiger partial charge in [0.15, 0.2) is 0 Å². The molecule has 25 heavy (non-hydrogen) atoms. The van der Waals surface area contributed by atoms with Crippen LogP contribution in [0.2, 0.25) is 0 Å². The van der Waals surface area contributed by atoms with E-state index in [2.05, 4.69) is 4.90 Å². The zero-order chi connectivity index (χ0) is 18.0. The van der Waals surface area contributed by atoms with Crippen LogP contribution in [0.5, 0.6) is 5.75 Å². The number of halogens is 1. The molecule has 1 amide bonds. The third kappa shape index (κ3) is 3.96. The summed E-state index contributed by atoms with van der Waals surface area (Å²) in [6, 6.07) is 5.16. The van der Waals surface area contributed by atoms with Crippen molar-refractivity contribution in [2.75, 3.05) is 40.0 Å². The number of nitrogens with zero attached hydrogens (tertiary/aromatic N) is 2. The number of carbonyl (C=O) groups is 1. The van der Waals surface area contributed by atoms with Gasteiger partial charge in [0.1, 0.15) is 11.6 Å². The van der Waals surface area contributed by atoms with Crippen LogP contribution in [-0.4, -0.2) is 61.7 Å². The highest BCUT2D eigenvalue weighted by Gasteiger charge is 2.46. The van der Waals surface area contributed by atoms with Crippen LogP contribution in [0.25, 0.3) is 0 Å². The summed E-state index contributed by atoms with van der Waals surface area (Å²) in [5, 5.41) is 0. The predicted molar refractivity (Wildman–Crippen MR) is 92.9 cm³/mol. The fraction of sp³-hybridized carbons (Fsp3) is 0.632. The molecule has 1 spiro atoms. The van der Waals surface area contributed by atoms with E-state index >= 15 is 0 Å². The number of methoxy groups -OCH3 is 1. The van der Waals surface area contributed by atoms with Crippen molar-refractivity contribution in [1.29, 1.82) is 0 Å². The Bertz CT molecular complexity index is 637. The number of amides is 1. The number of hydrogen-bond acceptors (Lipinski definition) is 4. The highest BCUT2D eigenvalue weighted by molar-refractivity contribution is 5.79. The van der Waals surface area contributed by atoms with E-state index in [9.17, 15) is 9.18 Å². The Morgan fingerprint density at radius 1 is 1.36 bits per heavy atom. The first-order chi connectivity index (χ1) is 11.9. The minimum absolute atomic E-state index is 0.191. The summed E-state index contributed by atoms with van der Waals surface area (Å²) >= 11 is 0. The van der Waals surface area contributed by atoms with Gasteiger partial charge in [-0.15, -0.1) is 0 Å². The van der Waals surface area contributed by atoms with Crippen LogP contribution in [0, 0.1) is 11.2 Å². The fourth-order valence-electron chi connectivity index (χ4n) is 3.84. The number of ether oxygens (including phenoxy) is 2. The minimum atomic E-state index is -0.259. The molecule has 2 heterocycles. The Hall–Kier alpha value is -1.66. The third-order valence-electron chi connectivity index (χ3n) is 5.15. The molecule has 0 aromatic heterocycles. The van der Waals surface area contributed by atoms with Crippen molar-refractivity contribution in [2.45, 2.75) is 32.9 Å². The molecule has 2 saturated heterocycles. The first kappa shape index (κ1) is 18.1. The van der Waals surface area contributed by atoms with Crippen molar-refractivity contribution in [2.24, 2.45) is 5.41 Å². The second kappa shape index (κ2) is 7.30. The average Bonchev–Trinajstić information content (AvgIpc) is 2.77. The van der Waals surface area contributed by atoms with Gasteiger partial charge in [0.2, 0.25) is 5.91 Å². The van der Waals surface area contributed by atoms with Crippen molar-refractivity contribution >= 4 is 5.91 Å². The summed E-state index contributed by atoms with van der Waals surface area (Å²) < 4.78 is 25.2. The van der Waals surface area contributed by atoms with Gasteiger partial charge in [0, 0.05) is 55.7 Å². The van der Waals surface area contributed by atoms with Crippen LogP contribution in [-0.2, 0) is 16.1 Å². The maximum atomic E-state index is 14.3. The van der Waals surface area contributed by atoms with Crippen LogP contribution in [0.3, 0.4) is 0 Å². The summed E-state index contributed by atoms with van der Waals surface area (Å²) in [4.78, 5) is 16.5. The van der Waals surface area contributed by atoms with E-state index in [1.165, 1.54) is 13.2 Å². The highest BCUT2D eigenvalue weighted by atomic mass is 19.1. The smallest absolute Gasteiger partial charge is 0.223 e. The normalized spacial score (nSPS) is 25.0. The van der Waals surface area contributed by atoms with Crippen LogP contribution in [0.1, 0.15) is 25.8 Å².